The van der Waals surface area contributed by atoms with Crippen LogP contribution in [0.1, 0.15) is 11.1 Å². The van der Waals surface area contributed by atoms with Gasteiger partial charge in [0.2, 0.25) is 5.91 Å². The van der Waals surface area contributed by atoms with E-state index in [4.69, 9.17) is 14.7 Å². The Kier molecular flexibility index (Phi) is 8.85. The van der Waals surface area contributed by atoms with Crippen LogP contribution < -0.4 is 10.6 Å². The summed E-state index contributed by atoms with van der Waals surface area (Å²) in [5.41, 5.74) is 2.77. The zero-order valence-corrected chi connectivity index (χ0v) is 16.3. The smallest absolute Gasteiger partial charge is 0.411 e. The molecule has 2 aromatic carbocycles. The number of ether oxygens (including phenoxy) is 2. The molecular weight excluding hydrogens is 378 g/mol. The van der Waals surface area contributed by atoms with Crippen LogP contribution >= 0.6 is 11.8 Å². The van der Waals surface area contributed by atoms with E-state index in [9.17, 15) is 9.59 Å². The number of carbonyl (C=O) groups is 2. The molecule has 0 aliphatic carbocycles. The van der Waals surface area contributed by atoms with Crippen molar-refractivity contribution in [2.24, 2.45) is 0 Å². The minimum Gasteiger partial charge on any atom is -0.447 e. The number of nitrogens with one attached hydrogen (secondary N) is 2. The van der Waals surface area contributed by atoms with Crippen molar-refractivity contribution >= 4 is 35.1 Å². The molecule has 0 unspecified atom stereocenters. The third-order valence-corrected chi connectivity index (χ3v) is 4.50. The molecule has 2 amide bonds. The van der Waals surface area contributed by atoms with Crippen molar-refractivity contribution in [3.05, 3.63) is 59.7 Å². The number of amides is 2. The molecule has 0 bridgehead atoms. The fourth-order valence-electron chi connectivity index (χ4n) is 2.18. The van der Waals surface area contributed by atoms with Crippen molar-refractivity contribution in [3.8, 4) is 6.07 Å². The lowest BCUT2D eigenvalue weighted by atomic mass is 10.2. The monoisotopic (exact) mass is 399 g/mol. The predicted molar refractivity (Wildman–Crippen MR) is 109 cm³/mol. The van der Waals surface area contributed by atoms with E-state index in [0.717, 1.165) is 5.56 Å². The molecule has 8 heteroatoms. The van der Waals surface area contributed by atoms with E-state index in [1.54, 1.807) is 36.4 Å². The lowest BCUT2D eigenvalue weighted by Gasteiger charge is -2.09. The van der Waals surface area contributed by atoms with Crippen LogP contribution in [-0.2, 0) is 20.0 Å². The van der Waals surface area contributed by atoms with E-state index in [0.29, 0.717) is 29.3 Å². The number of nitrogens with zero attached hydrogens (tertiary/aromatic N) is 1. The Labute approximate surface area is 168 Å². The number of thioether (sulfide) groups is 1. The van der Waals surface area contributed by atoms with Gasteiger partial charge in [-0.1, -0.05) is 18.2 Å². The number of methoxy groups -OCH3 is 1. The average molecular weight is 399 g/mol. The molecule has 0 radical (unpaired) electrons. The molecule has 0 fully saturated rings. The number of nitriles is 1. The molecule has 0 saturated carbocycles. The topological polar surface area (TPSA) is 100 Å². The average Bonchev–Trinajstić information content (AvgIpc) is 2.69. The maximum absolute atomic E-state index is 12.1. The third-order valence-electron chi connectivity index (χ3n) is 3.50. The number of carbonyl (C=O) groups excluding carboxylic acids is 2. The molecule has 2 rings (SSSR count). The second-order valence-corrected chi connectivity index (χ2v) is 6.67. The van der Waals surface area contributed by atoms with Crippen molar-refractivity contribution in [1.29, 1.82) is 5.26 Å². The molecule has 0 heterocycles. The second kappa shape index (κ2) is 11.6. The highest BCUT2D eigenvalue weighted by molar-refractivity contribution is 7.99. The summed E-state index contributed by atoms with van der Waals surface area (Å²) in [6.07, 6.45) is -0.585. The van der Waals surface area contributed by atoms with Gasteiger partial charge in [-0.25, -0.2) is 4.79 Å². The Hall–Kier alpha value is -3.02. The highest BCUT2D eigenvalue weighted by Gasteiger charge is 2.06. The maximum Gasteiger partial charge on any atom is 0.411 e. The van der Waals surface area contributed by atoms with Gasteiger partial charge in [-0.3, -0.25) is 10.1 Å². The summed E-state index contributed by atoms with van der Waals surface area (Å²) in [6, 6.07) is 16.2. The molecule has 2 aromatic rings. The van der Waals surface area contributed by atoms with Crippen molar-refractivity contribution in [3.63, 3.8) is 0 Å². The van der Waals surface area contributed by atoms with Gasteiger partial charge >= 0.3 is 6.09 Å². The van der Waals surface area contributed by atoms with Crippen LogP contribution in [-0.4, -0.2) is 38.1 Å². The minimum absolute atomic E-state index is 0.140. The van der Waals surface area contributed by atoms with Crippen molar-refractivity contribution in [2.45, 2.75) is 5.75 Å². The van der Waals surface area contributed by atoms with Gasteiger partial charge in [-0.2, -0.15) is 5.26 Å². The van der Waals surface area contributed by atoms with Crippen LogP contribution in [0.15, 0.2) is 48.5 Å². The fraction of sp³-hybridized carbons (Fsp3) is 0.250. The second-order valence-electron chi connectivity index (χ2n) is 5.68. The zero-order valence-electron chi connectivity index (χ0n) is 15.4. The summed E-state index contributed by atoms with van der Waals surface area (Å²) in [5, 5.41) is 14.2. The number of hydrogen-bond acceptors (Lipinski definition) is 6. The molecule has 28 heavy (non-hydrogen) atoms. The quantitative estimate of drug-likeness (QED) is 0.625. The predicted octanol–water partition coefficient (Wildman–Crippen LogP) is 3.63. The standard InChI is InChI=1S/C20H21N3O4S/c1-26-9-10-27-20(25)23-18-4-2-3-17(11-18)22-19(24)14-28-13-16-7-5-15(12-21)6-8-16/h2-8,11H,9-10,13-14H2,1H3,(H,22,24)(H,23,25). The van der Waals surface area contributed by atoms with E-state index < -0.39 is 6.09 Å². The summed E-state index contributed by atoms with van der Waals surface area (Å²) in [7, 11) is 1.52. The molecule has 0 aliphatic heterocycles. The minimum atomic E-state index is -0.585. The van der Waals surface area contributed by atoms with Crippen LogP contribution in [0, 0.1) is 11.3 Å². The summed E-state index contributed by atoms with van der Waals surface area (Å²) in [4.78, 5) is 23.7. The van der Waals surface area contributed by atoms with Gasteiger partial charge in [0, 0.05) is 24.2 Å². The third kappa shape index (κ3) is 7.70. The van der Waals surface area contributed by atoms with E-state index in [1.165, 1.54) is 18.9 Å². The molecule has 0 saturated heterocycles. The lowest BCUT2D eigenvalue weighted by molar-refractivity contribution is -0.113. The van der Waals surface area contributed by atoms with Crippen LogP contribution in [0.4, 0.5) is 16.2 Å². The highest BCUT2D eigenvalue weighted by Crippen LogP contribution is 2.17. The molecule has 2 N–H and O–H groups in total. The first-order valence-electron chi connectivity index (χ1n) is 8.50. The summed E-state index contributed by atoms with van der Waals surface area (Å²) < 4.78 is 9.74. The summed E-state index contributed by atoms with van der Waals surface area (Å²) in [5.74, 6) is 0.823. The Bertz CT molecular complexity index is 834. The largest absolute Gasteiger partial charge is 0.447 e. The normalized spacial score (nSPS) is 10.0. The van der Waals surface area contributed by atoms with Crippen LogP contribution in [0.3, 0.4) is 0 Å². The highest BCUT2D eigenvalue weighted by atomic mass is 32.2. The van der Waals surface area contributed by atoms with Crippen LogP contribution in [0.2, 0.25) is 0 Å². The van der Waals surface area contributed by atoms with Gasteiger partial charge in [0.25, 0.3) is 0 Å². The van der Waals surface area contributed by atoms with Gasteiger partial charge in [0.15, 0.2) is 0 Å². The van der Waals surface area contributed by atoms with Crippen LogP contribution in [0.25, 0.3) is 0 Å². The number of anilines is 2. The Morgan fingerprint density at radius 1 is 1.07 bits per heavy atom. The Morgan fingerprint density at radius 2 is 1.79 bits per heavy atom. The van der Waals surface area contributed by atoms with Gasteiger partial charge in [0.05, 0.1) is 24.0 Å². The SMILES string of the molecule is COCCOC(=O)Nc1cccc(NC(=O)CSCc2ccc(C#N)cc2)c1. The molecule has 0 aliphatic rings. The fourth-order valence-corrected chi connectivity index (χ4v) is 2.97. The molecule has 7 nitrogen and oxygen atoms in total. The summed E-state index contributed by atoms with van der Waals surface area (Å²) in [6.45, 7) is 0.485. The summed E-state index contributed by atoms with van der Waals surface area (Å²) >= 11 is 1.48. The van der Waals surface area contributed by atoms with E-state index >= 15 is 0 Å². The first-order chi connectivity index (χ1) is 13.6. The number of benzene rings is 2. The van der Waals surface area contributed by atoms with Crippen molar-refractivity contribution in [1.82, 2.24) is 0 Å². The lowest BCUT2D eigenvalue weighted by Crippen LogP contribution is -2.17. The van der Waals surface area contributed by atoms with Gasteiger partial charge < -0.3 is 14.8 Å². The number of hydrogen-bond donors (Lipinski definition) is 2. The number of rotatable bonds is 9. The van der Waals surface area contributed by atoms with Gasteiger partial charge in [0.1, 0.15) is 6.61 Å². The van der Waals surface area contributed by atoms with E-state index in [1.807, 2.05) is 12.1 Å². The maximum atomic E-state index is 12.1. The first kappa shape index (κ1) is 21.3. The molecule has 146 valence electrons. The first-order valence-corrected chi connectivity index (χ1v) is 9.65. The van der Waals surface area contributed by atoms with Crippen molar-refractivity contribution in [2.75, 3.05) is 36.7 Å². The Morgan fingerprint density at radius 3 is 2.46 bits per heavy atom. The van der Waals surface area contributed by atoms with E-state index in [2.05, 4.69) is 16.7 Å². The van der Waals surface area contributed by atoms with Crippen LogP contribution in [0.5, 0.6) is 0 Å². The molecule has 0 spiro atoms. The molecular formula is C20H21N3O4S. The zero-order chi connectivity index (χ0) is 20.2. The Balaban J connectivity index is 1.76. The van der Waals surface area contributed by atoms with Gasteiger partial charge in [-0.15, -0.1) is 11.8 Å². The molecule has 0 atom stereocenters. The molecule has 0 aromatic heterocycles. The van der Waals surface area contributed by atoms with E-state index in [-0.39, 0.29) is 18.3 Å². The van der Waals surface area contributed by atoms with Crippen molar-refractivity contribution < 1.29 is 19.1 Å². The van der Waals surface area contributed by atoms with Gasteiger partial charge in [-0.05, 0) is 35.9 Å².